The van der Waals surface area contributed by atoms with Gasteiger partial charge in [-0.3, -0.25) is 0 Å². The van der Waals surface area contributed by atoms with Crippen molar-refractivity contribution in [2.24, 2.45) is 0 Å². The first kappa shape index (κ1) is 12.3. The predicted molar refractivity (Wildman–Crippen MR) is 76.4 cm³/mol. The van der Waals surface area contributed by atoms with Crippen LogP contribution in [0, 0.1) is 12.7 Å². The largest absolute Gasteiger partial charge is 0.384 e. The summed E-state index contributed by atoms with van der Waals surface area (Å²) in [6.45, 7) is 1.88. The highest BCUT2D eigenvalue weighted by atomic mass is 19.1. The summed E-state index contributed by atoms with van der Waals surface area (Å²) in [5, 5.41) is 0. The number of hydrogen-bond donors (Lipinski definition) is 2. The zero-order chi connectivity index (χ0) is 14.1. The molecule has 2 heterocycles. The molecule has 100 valence electrons. The predicted octanol–water partition coefficient (Wildman–Crippen LogP) is 3.17. The fourth-order valence-electron chi connectivity index (χ4n) is 2.12. The van der Waals surface area contributed by atoms with Crippen LogP contribution in [0.3, 0.4) is 0 Å². The van der Waals surface area contributed by atoms with Gasteiger partial charge in [0.15, 0.2) is 0 Å². The Morgan fingerprint density at radius 2 is 1.85 bits per heavy atom. The summed E-state index contributed by atoms with van der Waals surface area (Å²) in [4.78, 5) is 11.7. The van der Waals surface area contributed by atoms with Gasteiger partial charge in [0, 0.05) is 17.3 Å². The lowest BCUT2D eigenvalue weighted by Gasteiger charge is -2.04. The molecular formula is C15H13FN4. The summed E-state index contributed by atoms with van der Waals surface area (Å²) in [5.41, 5.74) is 9.08. The van der Waals surface area contributed by atoms with Crippen LogP contribution in [0.4, 0.5) is 10.2 Å². The van der Waals surface area contributed by atoms with Gasteiger partial charge in [0.2, 0.25) is 0 Å². The molecule has 0 radical (unpaired) electrons. The van der Waals surface area contributed by atoms with Gasteiger partial charge in [0.05, 0.1) is 11.4 Å². The summed E-state index contributed by atoms with van der Waals surface area (Å²) in [6.07, 6.45) is 1.64. The summed E-state index contributed by atoms with van der Waals surface area (Å²) in [6, 6.07) is 9.90. The number of aromatic nitrogens is 3. The molecule has 4 nitrogen and oxygen atoms in total. The molecule has 0 aliphatic heterocycles. The van der Waals surface area contributed by atoms with Gasteiger partial charge in [-0.1, -0.05) is 0 Å². The SMILES string of the molecule is Cc1nc(-c2ccnc(N)c2)c(-c2ccc(F)cc2)[nH]1. The van der Waals surface area contributed by atoms with Crippen molar-refractivity contribution in [3.63, 3.8) is 0 Å². The fourth-order valence-corrected chi connectivity index (χ4v) is 2.12. The summed E-state index contributed by atoms with van der Waals surface area (Å²) < 4.78 is 13.0. The van der Waals surface area contributed by atoms with Crippen molar-refractivity contribution in [1.29, 1.82) is 0 Å². The van der Waals surface area contributed by atoms with E-state index in [1.165, 1.54) is 12.1 Å². The molecule has 0 aliphatic carbocycles. The standard InChI is InChI=1S/C15H13FN4/c1-9-19-14(10-2-4-12(16)5-3-10)15(20-9)11-6-7-18-13(17)8-11/h2-8H,1H3,(H2,17,18)(H,19,20). The first-order valence-electron chi connectivity index (χ1n) is 6.18. The Labute approximate surface area is 115 Å². The van der Waals surface area contributed by atoms with Crippen molar-refractivity contribution >= 4 is 5.82 Å². The Hall–Kier alpha value is -2.69. The summed E-state index contributed by atoms with van der Waals surface area (Å²) >= 11 is 0. The van der Waals surface area contributed by atoms with E-state index in [9.17, 15) is 4.39 Å². The number of H-pyrrole nitrogens is 1. The molecule has 0 aliphatic rings. The van der Waals surface area contributed by atoms with Gasteiger partial charge >= 0.3 is 0 Å². The lowest BCUT2D eigenvalue weighted by atomic mass is 10.1. The van der Waals surface area contributed by atoms with Gasteiger partial charge in [-0.05, 0) is 43.3 Å². The lowest BCUT2D eigenvalue weighted by Crippen LogP contribution is -1.91. The van der Waals surface area contributed by atoms with Crippen molar-refractivity contribution in [3.05, 3.63) is 54.2 Å². The fraction of sp³-hybridized carbons (Fsp3) is 0.0667. The van der Waals surface area contributed by atoms with Crippen LogP contribution < -0.4 is 5.73 Å². The van der Waals surface area contributed by atoms with E-state index in [2.05, 4.69) is 15.0 Å². The lowest BCUT2D eigenvalue weighted by molar-refractivity contribution is 0.628. The molecule has 3 rings (SSSR count). The van der Waals surface area contributed by atoms with E-state index in [4.69, 9.17) is 5.73 Å². The molecule has 0 unspecified atom stereocenters. The van der Waals surface area contributed by atoms with Gasteiger partial charge in [-0.15, -0.1) is 0 Å². The number of hydrogen-bond acceptors (Lipinski definition) is 3. The van der Waals surface area contributed by atoms with Crippen LogP contribution in [0.1, 0.15) is 5.82 Å². The highest BCUT2D eigenvalue weighted by molar-refractivity contribution is 5.79. The Morgan fingerprint density at radius 1 is 1.10 bits per heavy atom. The van der Waals surface area contributed by atoms with Crippen LogP contribution in [0.15, 0.2) is 42.6 Å². The van der Waals surface area contributed by atoms with E-state index in [0.717, 1.165) is 28.3 Å². The van der Waals surface area contributed by atoms with E-state index < -0.39 is 0 Å². The molecule has 0 spiro atoms. The zero-order valence-corrected chi connectivity index (χ0v) is 10.9. The van der Waals surface area contributed by atoms with Crippen LogP contribution in [-0.4, -0.2) is 15.0 Å². The first-order valence-corrected chi connectivity index (χ1v) is 6.18. The number of nitrogens with one attached hydrogen (secondary N) is 1. The van der Waals surface area contributed by atoms with E-state index >= 15 is 0 Å². The van der Waals surface area contributed by atoms with E-state index in [1.807, 2.05) is 13.0 Å². The summed E-state index contributed by atoms with van der Waals surface area (Å²) in [7, 11) is 0. The number of nitrogens with two attached hydrogens (primary N) is 1. The van der Waals surface area contributed by atoms with Gasteiger partial charge < -0.3 is 10.7 Å². The Balaban J connectivity index is 2.15. The van der Waals surface area contributed by atoms with Crippen molar-refractivity contribution in [2.45, 2.75) is 6.92 Å². The molecule has 0 saturated carbocycles. The summed E-state index contributed by atoms with van der Waals surface area (Å²) in [5.74, 6) is 0.961. The average Bonchev–Trinajstić information content (AvgIpc) is 2.82. The smallest absolute Gasteiger partial charge is 0.123 e. The van der Waals surface area contributed by atoms with Gasteiger partial charge in [0.1, 0.15) is 17.5 Å². The van der Waals surface area contributed by atoms with E-state index in [-0.39, 0.29) is 5.82 Å². The van der Waals surface area contributed by atoms with Crippen molar-refractivity contribution in [2.75, 3.05) is 5.73 Å². The number of pyridine rings is 1. The Morgan fingerprint density at radius 3 is 2.55 bits per heavy atom. The molecule has 0 atom stereocenters. The second kappa shape index (κ2) is 4.77. The molecule has 2 aromatic heterocycles. The quantitative estimate of drug-likeness (QED) is 0.750. The van der Waals surface area contributed by atoms with Crippen molar-refractivity contribution in [1.82, 2.24) is 15.0 Å². The molecule has 3 N–H and O–H groups in total. The van der Waals surface area contributed by atoms with Crippen LogP contribution >= 0.6 is 0 Å². The number of imidazole rings is 1. The monoisotopic (exact) mass is 268 g/mol. The molecule has 5 heteroatoms. The van der Waals surface area contributed by atoms with Gasteiger partial charge in [-0.25, -0.2) is 14.4 Å². The molecule has 0 amide bonds. The van der Waals surface area contributed by atoms with Crippen LogP contribution in [0.2, 0.25) is 0 Å². The van der Waals surface area contributed by atoms with Crippen LogP contribution in [0.25, 0.3) is 22.5 Å². The second-order valence-electron chi connectivity index (χ2n) is 4.52. The minimum absolute atomic E-state index is 0.264. The van der Waals surface area contributed by atoms with E-state index in [0.29, 0.717) is 5.82 Å². The van der Waals surface area contributed by atoms with Crippen molar-refractivity contribution < 1.29 is 4.39 Å². The Bertz CT molecular complexity index is 747. The maximum Gasteiger partial charge on any atom is 0.123 e. The molecule has 1 aromatic carbocycles. The molecule has 0 saturated heterocycles. The first-order chi connectivity index (χ1) is 9.63. The van der Waals surface area contributed by atoms with Crippen molar-refractivity contribution in [3.8, 4) is 22.5 Å². The third-order valence-electron chi connectivity index (χ3n) is 3.01. The number of anilines is 1. The maximum atomic E-state index is 13.0. The number of nitrogens with zero attached hydrogens (tertiary/aromatic N) is 2. The molecule has 20 heavy (non-hydrogen) atoms. The maximum absolute atomic E-state index is 13.0. The third kappa shape index (κ3) is 2.25. The normalized spacial score (nSPS) is 10.7. The average molecular weight is 268 g/mol. The number of aromatic amines is 1. The minimum Gasteiger partial charge on any atom is -0.384 e. The van der Waals surface area contributed by atoms with Crippen LogP contribution in [-0.2, 0) is 0 Å². The number of aryl methyl sites for hydroxylation is 1. The van der Waals surface area contributed by atoms with E-state index in [1.54, 1.807) is 24.4 Å². The van der Waals surface area contributed by atoms with Gasteiger partial charge in [-0.2, -0.15) is 0 Å². The molecule has 0 fully saturated rings. The molecule has 3 aromatic rings. The van der Waals surface area contributed by atoms with Gasteiger partial charge in [0.25, 0.3) is 0 Å². The highest BCUT2D eigenvalue weighted by Crippen LogP contribution is 2.30. The number of nitrogen functional groups attached to an aromatic ring is 1. The topological polar surface area (TPSA) is 67.6 Å². The second-order valence-corrected chi connectivity index (χ2v) is 4.52. The number of benzene rings is 1. The number of halogens is 1. The molecule has 0 bridgehead atoms. The third-order valence-corrected chi connectivity index (χ3v) is 3.01. The Kier molecular flexibility index (Phi) is 2.95. The minimum atomic E-state index is -0.264. The zero-order valence-electron chi connectivity index (χ0n) is 10.9. The van der Waals surface area contributed by atoms with Crippen LogP contribution in [0.5, 0.6) is 0 Å². The molecular weight excluding hydrogens is 255 g/mol. The number of rotatable bonds is 2. The highest BCUT2D eigenvalue weighted by Gasteiger charge is 2.13.